The smallest absolute Gasteiger partial charge is 0.0340 e. The molecule has 0 saturated heterocycles. The molecule has 170 valence electrons. The Balaban J connectivity index is 1.42. The lowest BCUT2D eigenvalue weighted by Crippen LogP contribution is -2.03. The highest BCUT2D eigenvalue weighted by Gasteiger charge is 2.17. The van der Waals surface area contributed by atoms with Crippen LogP contribution in [0.3, 0.4) is 0 Å². The molecule has 0 amide bonds. The van der Waals surface area contributed by atoms with Gasteiger partial charge in [-0.2, -0.15) is 0 Å². The first-order valence-corrected chi connectivity index (χ1v) is 13.1. The maximum Gasteiger partial charge on any atom is 0.0340 e. The zero-order valence-electron chi connectivity index (χ0n) is 19.7. The summed E-state index contributed by atoms with van der Waals surface area (Å²) < 4.78 is 1.14. The SMILES string of the molecule is Brc1cccc2cc3cc4cc5cc(C(c6ccccc6)c6ccccc6)ccc5cc4cc3cc12. The predicted molar refractivity (Wildman–Crippen MR) is 158 cm³/mol. The van der Waals surface area contributed by atoms with Crippen LogP contribution in [-0.4, -0.2) is 0 Å². The Kier molecular flexibility index (Phi) is 5.11. The van der Waals surface area contributed by atoms with Gasteiger partial charge in [-0.3, -0.25) is 0 Å². The fourth-order valence-corrected chi connectivity index (χ4v) is 6.05. The molecular formula is C35H23Br. The van der Waals surface area contributed by atoms with Gasteiger partial charge in [0.25, 0.3) is 0 Å². The van der Waals surface area contributed by atoms with Crippen molar-refractivity contribution in [3.8, 4) is 0 Å². The van der Waals surface area contributed by atoms with Crippen molar-refractivity contribution >= 4 is 59.0 Å². The molecule has 0 unspecified atom stereocenters. The number of benzene rings is 7. The van der Waals surface area contributed by atoms with Crippen molar-refractivity contribution in [3.63, 3.8) is 0 Å². The summed E-state index contributed by atoms with van der Waals surface area (Å²) in [6, 6.07) is 48.9. The third-order valence-corrected chi connectivity index (χ3v) is 8.01. The van der Waals surface area contributed by atoms with Crippen LogP contribution in [0, 0.1) is 0 Å². The predicted octanol–water partition coefficient (Wildman–Crippen LogP) is 10.2. The molecule has 36 heavy (non-hydrogen) atoms. The van der Waals surface area contributed by atoms with Crippen LogP contribution >= 0.6 is 15.9 Å². The molecule has 0 aliphatic heterocycles. The maximum absolute atomic E-state index is 3.72. The van der Waals surface area contributed by atoms with Gasteiger partial charge in [-0.05, 0) is 102 Å². The Morgan fingerprint density at radius 3 is 1.53 bits per heavy atom. The molecule has 7 rings (SSSR count). The molecule has 0 spiro atoms. The highest BCUT2D eigenvalue weighted by molar-refractivity contribution is 9.10. The van der Waals surface area contributed by atoms with Gasteiger partial charge in [0.15, 0.2) is 0 Å². The van der Waals surface area contributed by atoms with E-state index in [1.807, 2.05) is 0 Å². The monoisotopic (exact) mass is 522 g/mol. The Labute approximate surface area is 219 Å². The molecule has 0 saturated carbocycles. The van der Waals surface area contributed by atoms with Crippen molar-refractivity contribution in [3.05, 3.63) is 155 Å². The van der Waals surface area contributed by atoms with Gasteiger partial charge in [-0.25, -0.2) is 0 Å². The van der Waals surface area contributed by atoms with Gasteiger partial charge in [0, 0.05) is 10.4 Å². The summed E-state index contributed by atoms with van der Waals surface area (Å²) in [5, 5.41) is 10.2. The quantitative estimate of drug-likeness (QED) is 0.160. The van der Waals surface area contributed by atoms with Crippen LogP contribution in [0.25, 0.3) is 43.1 Å². The van der Waals surface area contributed by atoms with E-state index in [1.165, 1.54) is 59.8 Å². The fraction of sp³-hybridized carbons (Fsp3) is 0.0286. The van der Waals surface area contributed by atoms with Gasteiger partial charge in [0.2, 0.25) is 0 Å². The standard InChI is InChI=1S/C35H23Br/c36-34-13-7-12-26-17-30-20-31-19-28-18-27(15-14-25(28)16-29(31)21-32(30)22-33(26)34)35(23-8-3-1-4-9-23)24-10-5-2-6-11-24/h1-22,35H. The largest absolute Gasteiger partial charge is 0.0622 e. The summed E-state index contributed by atoms with van der Waals surface area (Å²) >= 11 is 3.72. The van der Waals surface area contributed by atoms with Crippen LogP contribution in [0.4, 0.5) is 0 Å². The van der Waals surface area contributed by atoms with Crippen LogP contribution in [0.5, 0.6) is 0 Å². The van der Waals surface area contributed by atoms with Gasteiger partial charge in [-0.15, -0.1) is 0 Å². The highest BCUT2D eigenvalue weighted by Crippen LogP contribution is 2.36. The molecule has 0 heterocycles. The Morgan fingerprint density at radius 2 is 0.889 bits per heavy atom. The van der Waals surface area contributed by atoms with E-state index < -0.39 is 0 Å². The minimum absolute atomic E-state index is 0.203. The van der Waals surface area contributed by atoms with E-state index in [0.29, 0.717) is 0 Å². The van der Waals surface area contributed by atoms with E-state index in [-0.39, 0.29) is 5.92 Å². The van der Waals surface area contributed by atoms with Crippen molar-refractivity contribution in [1.82, 2.24) is 0 Å². The van der Waals surface area contributed by atoms with Crippen molar-refractivity contribution in [2.45, 2.75) is 5.92 Å². The molecule has 1 heteroatoms. The first-order valence-electron chi connectivity index (χ1n) is 12.3. The second-order valence-electron chi connectivity index (χ2n) is 9.57. The summed E-state index contributed by atoms with van der Waals surface area (Å²) in [6.45, 7) is 0. The molecule has 7 aromatic carbocycles. The lowest BCUT2D eigenvalue weighted by molar-refractivity contribution is 0.980. The minimum Gasteiger partial charge on any atom is -0.0622 e. The van der Waals surface area contributed by atoms with Gasteiger partial charge in [0.1, 0.15) is 0 Å². The molecule has 0 fully saturated rings. The van der Waals surface area contributed by atoms with Gasteiger partial charge < -0.3 is 0 Å². The van der Waals surface area contributed by atoms with Crippen molar-refractivity contribution in [2.75, 3.05) is 0 Å². The Bertz CT molecular complexity index is 1850. The van der Waals surface area contributed by atoms with Crippen LogP contribution in [-0.2, 0) is 0 Å². The zero-order chi connectivity index (χ0) is 24.1. The third kappa shape index (κ3) is 3.68. The van der Waals surface area contributed by atoms with E-state index in [2.05, 4.69) is 149 Å². The molecule has 0 bridgehead atoms. The number of fused-ring (bicyclic) bond motifs is 4. The third-order valence-electron chi connectivity index (χ3n) is 7.32. The summed E-state index contributed by atoms with van der Waals surface area (Å²) in [4.78, 5) is 0. The molecule has 0 aromatic heterocycles. The molecule has 0 nitrogen and oxygen atoms in total. The minimum atomic E-state index is 0.203. The topological polar surface area (TPSA) is 0 Å². The Hall–Kier alpha value is -3.94. The lowest BCUT2D eigenvalue weighted by atomic mass is 9.84. The van der Waals surface area contributed by atoms with Crippen LogP contribution in [0.15, 0.2) is 138 Å². The zero-order valence-corrected chi connectivity index (χ0v) is 21.2. The average molecular weight is 523 g/mol. The first kappa shape index (κ1) is 21.4. The van der Waals surface area contributed by atoms with E-state index in [9.17, 15) is 0 Å². The molecular weight excluding hydrogens is 500 g/mol. The molecule has 0 aliphatic rings. The van der Waals surface area contributed by atoms with Crippen LogP contribution in [0.2, 0.25) is 0 Å². The lowest BCUT2D eigenvalue weighted by Gasteiger charge is -2.19. The van der Waals surface area contributed by atoms with Gasteiger partial charge in [0.05, 0.1) is 0 Å². The number of halogens is 1. The summed E-state index contributed by atoms with van der Waals surface area (Å²) in [7, 11) is 0. The van der Waals surface area contributed by atoms with Crippen molar-refractivity contribution in [1.29, 1.82) is 0 Å². The number of hydrogen-bond donors (Lipinski definition) is 0. The van der Waals surface area contributed by atoms with Gasteiger partial charge >= 0.3 is 0 Å². The molecule has 0 aliphatic carbocycles. The van der Waals surface area contributed by atoms with E-state index in [4.69, 9.17) is 0 Å². The highest BCUT2D eigenvalue weighted by atomic mass is 79.9. The van der Waals surface area contributed by atoms with Crippen molar-refractivity contribution in [2.24, 2.45) is 0 Å². The molecule has 0 atom stereocenters. The fourth-order valence-electron chi connectivity index (χ4n) is 5.56. The normalized spacial score (nSPS) is 11.7. The summed E-state index contributed by atoms with van der Waals surface area (Å²) in [5.41, 5.74) is 3.94. The number of rotatable bonds is 3. The van der Waals surface area contributed by atoms with E-state index in [1.54, 1.807) is 0 Å². The molecule has 7 aromatic rings. The van der Waals surface area contributed by atoms with Crippen LogP contribution in [0.1, 0.15) is 22.6 Å². The van der Waals surface area contributed by atoms with E-state index >= 15 is 0 Å². The second-order valence-corrected chi connectivity index (χ2v) is 10.4. The second kappa shape index (κ2) is 8.62. The average Bonchev–Trinajstić information content (AvgIpc) is 2.91. The first-order chi connectivity index (χ1) is 17.7. The molecule has 0 N–H and O–H groups in total. The van der Waals surface area contributed by atoms with Crippen LogP contribution < -0.4 is 0 Å². The van der Waals surface area contributed by atoms with Crippen molar-refractivity contribution < 1.29 is 0 Å². The van der Waals surface area contributed by atoms with E-state index in [0.717, 1.165) is 4.47 Å². The summed E-state index contributed by atoms with van der Waals surface area (Å²) in [6.07, 6.45) is 0. The van der Waals surface area contributed by atoms with Gasteiger partial charge in [-0.1, -0.05) is 107 Å². The summed E-state index contributed by atoms with van der Waals surface area (Å²) in [5.74, 6) is 0.203. The maximum atomic E-state index is 3.72. The number of hydrogen-bond acceptors (Lipinski definition) is 0. The molecule has 0 radical (unpaired) electrons. The Morgan fingerprint density at radius 1 is 0.361 bits per heavy atom.